The predicted octanol–water partition coefficient (Wildman–Crippen LogP) is 2.44. The Morgan fingerprint density at radius 2 is 2.27 bits per heavy atom. The summed E-state index contributed by atoms with van der Waals surface area (Å²) in [6, 6.07) is 5.98. The van der Waals surface area contributed by atoms with Crippen LogP contribution in [0.5, 0.6) is 0 Å². The second-order valence-electron chi connectivity index (χ2n) is 5.13. The van der Waals surface area contributed by atoms with Crippen molar-refractivity contribution in [3.05, 3.63) is 42.6 Å². The van der Waals surface area contributed by atoms with Gasteiger partial charge in [0, 0.05) is 36.1 Å². The van der Waals surface area contributed by atoms with Crippen LogP contribution in [0, 0.1) is 6.92 Å². The van der Waals surface area contributed by atoms with E-state index in [-0.39, 0.29) is 0 Å². The highest BCUT2D eigenvalue weighted by molar-refractivity contribution is 7.80. The van der Waals surface area contributed by atoms with E-state index in [0.717, 1.165) is 36.1 Å². The number of anilines is 1. The molecule has 0 bridgehead atoms. The highest BCUT2D eigenvalue weighted by atomic mass is 32.1. The lowest BCUT2D eigenvalue weighted by atomic mass is 10.2. The van der Waals surface area contributed by atoms with Crippen LogP contribution in [0.2, 0.25) is 0 Å². The Hall–Kier alpha value is -2.41. The molecular formula is C15H18N6S. The van der Waals surface area contributed by atoms with E-state index in [1.54, 1.807) is 6.20 Å². The van der Waals surface area contributed by atoms with Gasteiger partial charge < -0.3 is 15.2 Å². The van der Waals surface area contributed by atoms with Crippen LogP contribution in [0.1, 0.15) is 12.1 Å². The van der Waals surface area contributed by atoms with E-state index in [4.69, 9.17) is 12.2 Å². The van der Waals surface area contributed by atoms with Crippen LogP contribution in [-0.2, 0) is 6.54 Å². The van der Waals surface area contributed by atoms with Crippen molar-refractivity contribution in [1.29, 1.82) is 0 Å². The molecule has 0 aliphatic rings. The van der Waals surface area contributed by atoms with E-state index in [9.17, 15) is 0 Å². The van der Waals surface area contributed by atoms with Crippen molar-refractivity contribution in [2.24, 2.45) is 0 Å². The third-order valence-electron chi connectivity index (χ3n) is 3.48. The standard InChI is InChI=1S/C15H18N6S/c1-11-8-16-10-21(11)6-2-5-17-15(22)19-13-4-3-12-9-18-20-14(12)7-13/h3-4,7-10H,2,5-6H2,1H3,(H,18,20)(H2,17,19,22). The summed E-state index contributed by atoms with van der Waals surface area (Å²) in [6.07, 6.45) is 6.50. The third-order valence-corrected chi connectivity index (χ3v) is 3.73. The molecule has 0 spiro atoms. The molecule has 7 heteroatoms. The van der Waals surface area contributed by atoms with Crippen molar-refractivity contribution < 1.29 is 0 Å². The number of thiocarbonyl (C=S) groups is 1. The first-order chi connectivity index (χ1) is 10.7. The van der Waals surface area contributed by atoms with Crippen molar-refractivity contribution in [3.8, 4) is 0 Å². The fourth-order valence-electron chi connectivity index (χ4n) is 2.26. The maximum Gasteiger partial charge on any atom is 0.170 e. The second kappa shape index (κ2) is 6.57. The Kier molecular flexibility index (Phi) is 4.34. The maximum atomic E-state index is 5.31. The van der Waals surface area contributed by atoms with Gasteiger partial charge in [0.25, 0.3) is 0 Å². The molecule has 0 aliphatic carbocycles. The zero-order valence-corrected chi connectivity index (χ0v) is 13.2. The monoisotopic (exact) mass is 314 g/mol. The Morgan fingerprint density at radius 3 is 3.09 bits per heavy atom. The quantitative estimate of drug-likeness (QED) is 0.498. The zero-order chi connectivity index (χ0) is 15.4. The van der Waals surface area contributed by atoms with Gasteiger partial charge in [-0.15, -0.1) is 0 Å². The number of hydrogen-bond donors (Lipinski definition) is 3. The predicted molar refractivity (Wildman–Crippen MR) is 91.9 cm³/mol. The molecule has 2 heterocycles. The van der Waals surface area contributed by atoms with Gasteiger partial charge in [-0.05, 0) is 43.8 Å². The number of imidazole rings is 1. The van der Waals surface area contributed by atoms with Gasteiger partial charge in [0.1, 0.15) is 0 Å². The molecule has 0 fully saturated rings. The lowest BCUT2D eigenvalue weighted by Gasteiger charge is -2.11. The van der Waals surface area contributed by atoms with Gasteiger partial charge in [-0.3, -0.25) is 5.10 Å². The Labute approximate surface area is 133 Å². The summed E-state index contributed by atoms with van der Waals surface area (Å²) in [6.45, 7) is 3.80. The summed E-state index contributed by atoms with van der Waals surface area (Å²) in [5, 5.41) is 15.1. The Balaban J connectivity index is 1.45. The third kappa shape index (κ3) is 3.43. The van der Waals surface area contributed by atoms with Crippen molar-refractivity contribution in [1.82, 2.24) is 25.1 Å². The molecule has 0 saturated carbocycles. The lowest BCUT2D eigenvalue weighted by molar-refractivity contribution is 0.620. The Bertz CT molecular complexity index is 775. The molecule has 114 valence electrons. The van der Waals surface area contributed by atoms with E-state index < -0.39 is 0 Å². The van der Waals surface area contributed by atoms with Crippen molar-refractivity contribution in [2.45, 2.75) is 19.9 Å². The van der Waals surface area contributed by atoms with Gasteiger partial charge in [-0.2, -0.15) is 5.10 Å². The minimum absolute atomic E-state index is 0.626. The molecule has 1 aromatic carbocycles. The van der Waals surface area contributed by atoms with Crippen LogP contribution < -0.4 is 10.6 Å². The van der Waals surface area contributed by atoms with Crippen LogP contribution in [0.3, 0.4) is 0 Å². The molecule has 0 radical (unpaired) electrons. The lowest BCUT2D eigenvalue weighted by Crippen LogP contribution is -2.29. The van der Waals surface area contributed by atoms with Crippen molar-refractivity contribution in [2.75, 3.05) is 11.9 Å². The first-order valence-corrected chi connectivity index (χ1v) is 7.58. The number of rotatable bonds is 5. The molecule has 6 nitrogen and oxygen atoms in total. The molecule has 0 atom stereocenters. The summed E-state index contributed by atoms with van der Waals surface area (Å²) in [7, 11) is 0. The minimum Gasteiger partial charge on any atom is -0.362 e. The number of nitrogens with one attached hydrogen (secondary N) is 3. The highest BCUT2D eigenvalue weighted by Crippen LogP contribution is 2.16. The van der Waals surface area contributed by atoms with Crippen molar-refractivity contribution in [3.63, 3.8) is 0 Å². The van der Waals surface area contributed by atoms with Gasteiger partial charge in [-0.1, -0.05) is 0 Å². The van der Waals surface area contributed by atoms with Crippen LogP contribution in [-0.4, -0.2) is 31.4 Å². The van der Waals surface area contributed by atoms with Gasteiger partial charge in [-0.25, -0.2) is 4.98 Å². The summed E-state index contributed by atoms with van der Waals surface area (Å²) >= 11 is 5.31. The number of aromatic amines is 1. The van der Waals surface area contributed by atoms with E-state index in [2.05, 4.69) is 37.3 Å². The molecular weight excluding hydrogens is 296 g/mol. The van der Waals surface area contributed by atoms with E-state index in [1.165, 1.54) is 5.69 Å². The topological polar surface area (TPSA) is 70.6 Å². The fourth-order valence-corrected chi connectivity index (χ4v) is 2.48. The number of hydrogen-bond acceptors (Lipinski definition) is 3. The van der Waals surface area contributed by atoms with Crippen LogP contribution in [0.25, 0.3) is 10.9 Å². The smallest absolute Gasteiger partial charge is 0.170 e. The van der Waals surface area contributed by atoms with E-state index >= 15 is 0 Å². The number of H-pyrrole nitrogens is 1. The first-order valence-electron chi connectivity index (χ1n) is 7.17. The minimum atomic E-state index is 0.626. The van der Waals surface area contributed by atoms with Crippen LogP contribution in [0.4, 0.5) is 5.69 Å². The Morgan fingerprint density at radius 1 is 1.36 bits per heavy atom. The molecule has 0 amide bonds. The molecule has 0 aliphatic heterocycles. The normalized spacial score (nSPS) is 10.8. The van der Waals surface area contributed by atoms with E-state index in [1.807, 2.05) is 30.7 Å². The van der Waals surface area contributed by atoms with Gasteiger partial charge >= 0.3 is 0 Å². The molecule has 3 rings (SSSR count). The number of fused-ring (bicyclic) bond motifs is 1. The second-order valence-corrected chi connectivity index (χ2v) is 5.54. The number of aryl methyl sites for hydroxylation is 2. The average molecular weight is 314 g/mol. The SMILES string of the molecule is Cc1cncn1CCCNC(=S)Nc1ccc2cn[nH]c2c1. The summed E-state index contributed by atoms with van der Waals surface area (Å²) in [5.41, 5.74) is 3.11. The molecule has 0 saturated heterocycles. The first kappa shape index (κ1) is 14.5. The highest BCUT2D eigenvalue weighted by Gasteiger charge is 2.01. The molecule has 2 aromatic heterocycles. The molecule has 22 heavy (non-hydrogen) atoms. The van der Waals surface area contributed by atoms with Crippen LogP contribution >= 0.6 is 12.2 Å². The fraction of sp³-hybridized carbons (Fsp3) is 0.267. The summed E-state index contributed by atoms with van der Waals surface area (Å²) < 4.78 is 2.13. The summed E-state index contributed by atoms with van der Waals surface area (Å²) in [5.74, 6) is 0. The molecule has 3 aromatic rings. The average Bonchev–Trinajstić information content (AvgIpc) is 3.12. The molecule has 0 unspecified atom stereocenters. The van der Waals surface area contributed by atoms with Gasteiger partial charge in [0.2, 0.25) is 0 Å². The number of benzene rings is 1. The number of nitrogens with zero attached hydrogens (tertiary/aromatic N) is 3. The van der Waals surface area contributed by atoms with Gasteiger partial charge in [0.05, 0.1) is 18.0 Å². The van der Waals surface area contributed by atoms with Crippen molar-refractivity contribution >= 4 is 33.9 Å². The van der Waals surface area contributed by atoms with Crippen LogP contribution in [0.15, 0.2) is 36.9 Å². The van der Waals surface area contributed by atoms with E-state index in [0.29, 0.717) is 5.11 Å². The number of aromatic nitrogens is 4. The summed E-state index contributed by atoms with van der Waals surface area (Å²) in [4.78, 5) is 4.11. The zero-order valence-electron chi connectivity index (χ0n) is 12.3. The largest absolute Gasteiger partial charge is 0.362 e. The van der Waals surface area contributed by atoms with Gasteiger partial charge in [0.15, 0.2) is 5.11 Å². The maximum absolute atomic E-state index is 5.31. The molecule has 3 N–H and O–H groups in total.